The Bertz CT molecular complexity index is 2190. The van der Waals surface area contributed by atoms with Gasteiger partial charge in [-0.1, -0.05) is 46.9 Å². The number of aryl methyl sites for hydroxylation is 1. The molecule has 0 atom stereocenters. The third-order valence-corrected chi connectivity index (χ3v) is 10.1. The molecule has 0 fully saturated rings. The van der Waals surface area contributed by atoms with E-state index in [9.17, 15) is 20.0 Å². The molecule has 0 saturated heterocycles. The molecular weight excluding hydrogens is 665 g/mol. The summed E-state index contributed by atoms with van der Waals surface area (Å²) >= 11 is 2.79. The van der Waals surface area contributed by atoms with E-state index >= 15 is 0 Å². The summed E-state index contributed by atoms with van der Waals surface area (Å²) < 4.78 is 12.0. The van der Waals surface area contributed by atoms with E-state index in [0.717, 1.165) is 26.9 Å². The lowest BCUT2D eigenvalue weighted by molar-refractivity contribution is 0.102. The number of fused-ring (bicyclic) bond motifs is 2. The molecule has 0 unspecified atom stereocenters. The fourth-order valence-corrected chi connectivity index (χ4v) is 7.56. The Balaban J connectivity index is 1.01. The highest BCUT2D eigenvalue weighted by atomic mass is 32.1. The van der Waals surface area contributed by atoms with Crippen molar-refractivity contribution in [2.75, 3.05) is 29.1 Å². The van der Waals surface area contributed by atoms with Crippen LogP contribution in [0.4, 0.5) is 20.9 Å². The largest absolute Gasteiger partial charge is 0.512 e. The van der Waals surface area contributed by atoms with Crippen LogP contribution in [0.2, 0.25) is 0 Å². The molecule has 0 aliphatic carbocycles. The molecule has 0 radical (unpaired) electrons. The van der Waals surface area contributed by atoms with Crippen molar-refractivity contribution in [3.05, 3.63) is 93.9 Å². The number of hydrogen-bond donors (Lipinski definition) is 4. The highest BCUT2D eigenvalue weighted by Gasteiger charge is 2.26. The van der Waals surface area contributed by atoms with E-state index in [0.29, 0.717) is 71.1 Å². The average Bonchev–Trinajstić information content (AvgIpc) is 3.82. The van der Waals surface area contributed by atoms with E-state index < -0.39 is 6.16 Å². The van der Waals surface area contributed by atoms with Gasteiger partial charge in [0.25, 0.3) is 5.91 Å². The predicted octanol–water partition coefficient (Wildman–Crippen LogP) is 6.48. The maximum atomic E-state index is 13.5. The zero-order valence-corrected chi connectivity index (χ0v) is 27.4. The number of nitriles is 1. The van der Waals surface area contributed by atoms with Crippen LogP contribution < -0.4 is 25.4 Å². The Labute approximate surface area is 287 Å². The average molecular weight is 693 g/mol. The van der Waals surface area contributed by atoms with Crippen molar-refractivity contribution < 1.29 is 24.2 Å². The standard InChI is InChI=1S/C34H28N8O5S2/c35-17-23-28(40-41-29(23)36)20-10-12-21(13-11-20)46-16-4-9-27-31(47-34(44)45)39-33(49-27)42-15-14-19-5-3-6-22(24(19)18-42)30(43)38-32-37-25-7-1-2-8-26(25)48-32/h1-3,5-8,10-13H,4,9,14-16,18H2,(H,44,45)(H3,36,40,41)(H,37,38,43). The number of carboxylic acid groups (broad SMARTS) is 1. The molecule has 5 N–H and O–H groups in total. The summed E-state index contributed by atoms with van der Waals surface area (Å²) in [6.45, 7) is 1.44. The molecule has 1 amide bonds. The van der Waals surface area contributed by atoms with E-state index in [-0.39, 0.29) is 23.2 Å². The number of aromatic nitrogens is 4. The summed E-state index contributed by atoms with van der Waals surface area (Å²) in [4.78, 5) is 36.8. The lowest BCUT2D eigenvalue weighted by Gasteiger charge is -2.29. The molecule has 246 valence electrons. The monoisotopic (exact) mass is 692 g/mol. The Morgan fingerprint density at radius 3 is 2.71 bits per heavy atom. The number of carbonyl (C=O) groups excluding carboxylic acids is 1. The van der Waals surface area contributed by atoms with Crippen LogP contribution >= 0.6 is 22.7 Å². The fourth-order valence-electron chi connectivity index (χ4n) is 5.65. The van der Waals surface area contributed by atoms with E-state index in [1.807, 2.05) is 59.5 Å². The fraction of sp³-hybridized carbons (Fsp3) is 0.176. The second kappa shape index (κ2) is 13.6. The predicted molar refractivity (Wildman–Crippen MR) is 187 cm³/mol. The van der Waals surface area contributed by atoms with Gasteiger partial charge in [-0.25, -0.2) is 9.78 Å². The van der Waals surface area contributed by atoms with Gasteiger partial charge in [-0.3, -0.25) is 15.2 Å². The molecule has 15 heteroatoms. The number of nitrogen functional groups attached to an aromatic ring is 1. The number of H-pyrrole nitrogens is 1. The van der Waals surface area contributed by atoms with Crippen molar-refractivity contribution in [3.8, 4) is 29.0 Å². The van der Waals surface area contributed by atoms with Crippen molar-refractivity contribution >= 4 is 61.0 Å². The van der Waals surface area contributed by atoms with Crippen molar-refractivity contribution in [2.24, 2.45) is 0 Å². The molecule has 0 saturated carbocycles. The summed E-state index contributed by atoms with van der Waals surface area (Å²) in [6.07, 6.45) is 0.316. The first kappa shape index (κ1) is 31.6. The quantitative estimate of drug-likeness (QED) is 0.0907. The molecule has 3 aromatic heterocycles. The molecule has 3 aromatic carbocycles. The first-order valence-electron chi connectivity index (χ1n) is 15.3. The van der Waals surface area contributed by atoms with Crippen LogP contribution in [-0.4, -0.2) is 50.5 Å². The first-order valence-corrected chi connectivity index (χ1v) is 16.9. The lowest BCUT2D eigenvalue weighted by Crippen LogP contribution is -2.32. The van der Waals surface area contributed by atoms with Crippen molar-refractivity contribution in [1.29, 1.82) is 5.26 Å². The highest BCUT2D eigenvalue weighted by Crippen LogP contribution is 2.36. The summed E-state index contributed by atoms with van der Waals surface area (Å²) in [6, 6.07) is 22.7. The van der Waals surface area contributed by atoms with Gasteiger partial charge in [-0.15, -0.1) is 0 Å². The molecule has 0 spiro atoms. The molecular formula is C34H28N8O5S2. The maximum Gasteiger partial charge on any atom is 0.512 e. The summed E-state index contributed by atoms with van der Waals surface area (Å²) in [7, 11) is 0. The van der Waals surface area contributed by atoms with E-state index in [1.165, 1.54) is 22.7 Å². The number of nitrogens with one attached hydrogen (secondary N) is 2. The summed E-state index contributed by atoms with van der Waals surface area (Å²) in [5.74, 6) is 0.600. The maximum absolute atomic E-state index is 13.5. The Morgan fingerprint density at radius 1 is 1.08 bits per heavy atom. The van der Waals surface area contributed by atoms with Gasteiger partial charge in [-0.05, 0) is 72.9 Å². The third kappa shape index (κ3) is 6.73. The van der Waals surface area contributed by atoms with Gasteiger partial charge in [-0.2, -0.15) is 15.3 Å². The van der Waals surface area contributed by atoms with Crippen molar-refractivity contribution in [1.82, 2.24) is 20.2 Å². The van der Waals surface area contributed by atoms with E-state index in [2.05, 4.69) is 31.6 Å². The number of hydrogen-bond acceptors (Lipinski definition) is 12. The molecule has 0 bridgehead atoms. The molecule has 13 nitrogen and oxygen atoms in total. The van der Waals surface area contributed by atoms with Crippen LogP contribution in [-0.2, 0) is 19.4 Å². The molecule has 7 rings (SSSR count). The minimum absolute atomic E-state index is 0.0524. The van der Waals surface area contributed by atoms with Crippen LogP contribution in [0.1, 0.15) is 38.3 Å². The SMILES string of the molecule is N#Cc1c(N)n[nH]c1-c1ccc(OCCCc2sc(N3CCc4cccc(C(=O)Nc5nc6ccccc6s5)c4C3)nc2OC(=O)O)cc1. The van der Waals surface area contributed by atoms with Gasteiger partial charge in [0.1, 0.15) is 17.4 Å². The van der Waals surface area contributed by atoms with E-state index in [4.69, 9.17) is 15.2 Å². The minimum atomic E-state index is -1.44. The second-order valence-electron chi connectivity index (χ2n) is 11.1. The molecule has 4 heterocycles. The number of thiazole rings is 2. The number of nitrogens with two attached hydrogens (primary N) is 1. The van der Waals surface area contributed by atoms with E-state index in [1.54, 1.807) is 12.1 Å². The normalized spacial score (nSPS) is 12.3. The van der Waals surface area contributed by atoms with Gasteiger partial charge in [0, 0.05) is 24.2 Å². The van der Waals surface area contributed by atoms with Crippen molar-refractivity contribution in [2.45, 2.75) is 25.8 Å². The van der Waals surface area contributed by atoms with Gasteiger partial charge < -0.3 is 25.2 Å². The number of para-hydroxylation sites is 1. The van der Waals surface area contributed by atoms with Crippen molar-refractivity contribution in [3.63, 3.8) is 0 Å². The number of nitrogens with zero attached hydrogens (tertiary/aromatic N) is 5. The Kier molecular flexibility index (Phi) is 8.79. The van der Waals surface area contributed by atoms with Crippen LogP contribution in [0.3, 0.4) is 0 Å². The zero-order valence-electron chi connectivity index (χ0n) is 25.8. The number of ether oxygens (including phenoxy) is 2. The lowest BCUT2D eigenvalue weighted by atomic mass is 9.94. The zero-order chi connectivity index (χ0) is 33.9. The Morgan fingerprint density at radius 2 is 1.92 bits per heavy atom. The number of rotatable bonds is 10. The number of carbonyl (C=O) groups is 2. The topological polar surface area (TPSA) is 192 Å². The number of benzene rings is 3. The molecule has 6 aromatic rings. The summed E-state index contributed by atoms with van der Waals surface area (Å²) in [5.41, 5.74) is 10.7. The third-order valence-electron chi connectivity index (χ3n) is 8.00. The molecule has 1 aliphatic rings. The number of aromatic amines is 1. The van der Waals surface area contributed by atoms with Gasteiger partial charge in [0.15, 0.2) is 16.1 Å². The first-order chi connectivity index (χ1) is 23.9. The molecule has 49 heavy (non-hydrogen) atoms. The molecule has 1 aliphatic heterocycles. The number of anilines is 3. The van der Waals surface area contributed by atoms with Gasteiger partial charge in [0.05, 0.1) is 27.4 Å². The summed E-state index contributed by atoms with van der Waals surface area (Å²) in [5, 5.41) is 29.5. The minimum Gasteiger partial charge on any atom is -0.494 e. The Hall–Kier alpha value is -5.98. The van der Waals surface area contributed by atoms with Crippen LogP contribution in [0.5, 0.6) is 11.6 Å². The van der Waals surface area contributed by atoms with Gasteiger partial charge >= 0.3 is 6.16 Å². The highest BCUT2D eigenvalue weighted by molar-refractivity contribution is 7.22. The van der Waals surface area contributed by atoms with Crippen LogP contribution in [0.25, 0.3) is 21.5 Å². The van der Waals surface area contributed by atoms with Gasteiger partial charge in [0.2, 0.25) is 5.88 Å². The number of amides is 1. The van der Waals surface area contributed by atoms with Crippen LogP contribution in [0, 0.1) is 11.3 Å². The van der Waals surface area contributed by atoms with Crippen LogP contribution in [0.15, 0.2) is 66.7 Å². The second-order valence-corrected chi connectivity index (χ2v) is 13.2. The smallest absolute Gasteiger partial charge is 0.494 e.